The lowest BCUT2D eigenvalue weighted by Crippen LogP contribution is -2.17. The number of furan rings is 1. The van der Waals surface area contributed by atoms with Crippen molar-refractivity contribution in [3.05, 3.63) is 58.0 Å². The van der Waals surface area contributed by atoms with Crippen LogP contribution >= 0.6 is 15.9 Å². The van der Waals surface area contributed by atoms with Crippen LogP contribution in [0.15, 0.2) is 45.5 Å². The first-order valence-electron chi connectivity index (χ1n) is 7.38. The molecule has 4 heteroatoms. The van der Waals surface area contributed by atoms with Crippen LogP contribution in [0.5, 0.6) is 0 Å². The summed E-state index contributed by atoms with van der Waals surface area (Å²) in [6, 6.07) is 10.5. The monoisotopic (exact) mass is 350 g/mol. The fraction of sp³-hybridized carbons (Fsp3) is 0.412. The molecule has 21 heavy (non-hydrogen) atoms. The first-order chi connectivity index (χ1) is 10.2. The van der Waals surface area contributed by atoms with E-state index in [1.165, 1.54) is 11.1 Å². The van der Waals surface area contributed by atoms with E-state index in [0.29, 0.717) is 0 Å². The van der Waals surface area contributed by atoms with Crippen LogP contribution in [-0.4, -0.2) is 18.5 Å². The minimum absolute atomic E-state index is 0.815. The summed E-state index contributed by atoms with van der Waals surface area (Å²) >= 11 is 3.59. The van der Waals surface area contributed by atoms with Gasteiger partial charge < -0.3 is 9.73 Å². The number of halogens is 1. The average molecular weight is 351 g/mol. The third-order valence-electron chi connectivity index (χ3n) is 3.29. The molecule has 0 amide bonds. The summed E-state index contributed by atoms with van der Waals surface area (Å²) in [6.45, 7) is 5.80. The molecule has 0 bridgehead atoms. The molecule has 2 rings (SSSR count). The highest BCUT2D eigenvalue weighted by atomic mass is 79.9. The van der Waals surface area contributed by atoms with Gasteiger partial charge in [-0.1, -0.05) is 41.1 Å². The Morgan fingerprint density at radius 1 is 1.24 bits per heavy atom. The van der Waals surface area contributed by atoms with Crippen LogP contribution in [0, 0.1) is 0 Å². The molecule has 1 aromatic heterocycles. The van der Waals surface area contributed by atoms with E-state index in [2.05, 4.69) is 64.4 Å². The second-order valence-electron chi connectivity index (χ2n) is 5.36. The van der Waals surface area contributed by atoms with Crippen LogP contribution in [0.25, 0.3) is 0 Å². The highest BCUT2D eigenvalue weighted by Gasteiger charge is 2.07. The van der Waals surface area contributed by atoms with Crippen molar-refractivity contribution in [3.63, 3.8) is 0 Å². The fourth-order valence-electron chi connectivity index (χ4n) is 2.25. The van der Waals surface area contributed by atoms with Crippen LogP contribution < -0.4 is 5.32 Å². The predicted molar refractivity (Wildman–Crippen MR) is 90.0 cm³/mol. The zero-order valence-electron chi connectivity index (χ0n) is 12.7. The van der Waals surface area contributed by atoms with Gasteiger partial charge in [0.2, 0.25) is 0 Å². The first-order valence-corrected chi connectivity index (χ1v) is 8.17. The van der Waals surface area contributed by atoms with Crippen molar-refractivity contribution in [1.29, 1.82) is 0 Å². The molecule has 0 saturated carbocycles. The maximum atomic E-state index is 5.64. The molecule has 3 nitrogen and oxygen atoms in total. The van der Waals surface area contributed by atoms with Crippen molar-refractivity contribution >= 4 is 15.9 Å². The molecular formula is C17H23BrN2O. The first kappa shape index (κ1) is 16.3. The van der Waals surface area contributed by atoms with E-state index in [4.69, 9.17) is 4.42 Å². The number of hydrogen-bond acceptors (Lipinski definition) is 3. The molecule has 0 atom stereocenters. The quantitative estimate of drug-likeness (QED) is 0.724. The zero-order valence-corrected chi connectivity index (χ0v) is 14.3. The van der Waals surface area contributed by atoms with Gasteiger partial charge in [0.15, 0.2) is 0 Å². The second-order valence-corrected chi connectivity index (χ2v) is 6.22. The van der Waals surface area contributed by atoms with Crippen molar-refractivity contribution in [3.8, 4) is 0 Å². The van der Waals surface area contributed by atoms with Gasteiger partial charge in [-0.3, -0.25) is 4.90 Å². The molecule has 0 aliphatic heterocycles. The standard InChI is InChI=1S/C17H23BrN2O/c1-3-8-19-10-14-9-16(21-13-14)12-20(2)11-15-6-4-5-7-17(15)18/h4-7,9,13,19H,3,8,10-12H2,1-2H3. The van der Waals surface area contributed by atoms with E-state index < -0.39 is 0 Å². The van der Waals surface area contributed by atoms with Crippen LogP contribution in [0.1, 0.15) is 30.2 Å². The molecule has 0 aliphatic carbocycles. The van der Waals surface area contributed by atoms with Crippen LogP contribution in [0.4, 0.5) is 0 Å². The Labute approximate surface area is 135 Å². The zero-order chi connectivity index (χ0) is 15.1. The van der Waals surface area contributed by atoms with Gasteiger partial charge in [-0.15, -0.1) is 0 Å². The van der Waals surface area contributed by atoms with Gasteiger partial charge in [-0.05, 0) is 37.7 Å². The van der Waals surface area contributed by atoms with Crippen LogP contribution in [-0.2, 0) is 19.6 Å². The lowest BCUT2D eigenvalue weighted by molar-refractivity contribution is 0.287. The summed E-state index contributed by atoms with van der Waals surface area (Å²) in [5.74, 6) is 1.01. The lowest BCUT2D eigenvalue weighted by Gasteiger charge is -2.16. The van der Waals surface area contributed by atoms with Crippen LogP contribution in [0.3, 0.4) is 0 Å². The minimum Gasteiger partial charge on any atom is -0.468 e. The van der Waals surface area contributed by atoms with Gasteiger partial charge >= 0.3 is 0 Å². The number of rotatable bonds is 8. The Hall–Kier alpha value is -1.10. The molecule has 0 unspecified atom stereocenters. The molecule has 114 valence electrons. The Morgan fingerprint density at radius 3 is 2.81 bits per heavy atom. The molecule has 1 heterocycles. The molecule has 0 fully saturated rings. The topological polar surface area (TPSA) is 28.4 Å². The van der Waals surface area contributed by atoms with Crippen molar-refractivity contribution in [2.24, 2.45) is 0 Å². The SMILES string of the molecule is CCCNCc1coc(CN(C)Cc2ccccc2Br)c1. The summed E-state index contributed by atoms with van der Waals surface area (Å²) in [5, 5.41) is 3.39. The molecule has 1 N–H and O–H groups in total. The Balaban J connectivity index is 1.85. The van der Waals surface area contributed by atoms with Crippen molar-refractivity contribution < 1.29 is 4.42 Å². The van der Waals surface area contributed by atoms with Crippen molar-refractivity contribution in [1.82, 2.24) is 10.2 Å². The molecule has 0 aliphatic rings. The molecule has 1 aromatic carbocycles. The van der Waals surface area contributed by atoms with Gasteiger partial charge in [0, 0.05) is 23.1 Å². The molecule has 0 radical (unpaired) electrons. The van der Waals surface area contributed by atoms with E-state index in [-0.39, 0.29) is 0 Å². The highest BCUT2D eigenvalue weighted by Crippen LogP contribution is 2.18. The molecule has 2 aromatic rings. The van der Waals surface area contributed by atoms with Gasteiger partial charge in [-0.25, -0.2) is 0 Å². The number of benzene rings is 1. The fourth-order valence-corrected chi connectivity index (χ4v) is 2.66. The Bertz CT molecular complexity index is 553. The Morgan fingerprint density at radius 2 is 2.05 bits per heavy atom. The van der Waals surface area contributed by atoms with E-state index in [1.807, 2.05) is 12.3 Å². The maximum Gasteiger partial charge on any atom is 0.118 e. The van der Waals surface area contributed by atoms with E-state index in [9.17, 15) is 0 Å². The van der Waals surface area contributed by atoms with Crippen molar-refractivity contribution in [2.45, 2.75) is 33.0 Å². The summed E-state index contributed by atoms with van der Waals surface area (Å²) in [7, 11) is 2.11. The van der Waals surface area contributed by atoms with E-state index >= 15 is 0 Å². The number of nitrogens with zero attached hydrogens (tertiary/aromatic N) is 1. The predicted octanol–water partition coefficient (Wildman–Crippen LogP) is 4.17. The highest BCUT2D eigenvalue weighted by molar-refractivity contribution is 9.10. The molecular weight excluding hydrogens is 328 g/mol. The summed E-state index contributed by atoms with van der Waals surface area (Å²) in [5.41, 5.74) is 2.50. The third kappa shape index (κ3) is 5.30. The average Bonchev–Trinajstić information content (AvgIpc) is 2.89. The maximum absolute atomic E-state index is 5.64. The van der Waals surface area contributed by atoms with Gasteiger partial charge in [0.1, 0.15) is 5.76 Å². The molecule has 0 spiro atoms. The van der Waals surface area contributed by atoms with E-state index in [0.717, 1.165) is 42.8 Å². The van der Waals surface area contributed by atoms with Crippen LogP contribution in [0.2, 0.25) is 0 Å². The number of nitrogens with one attached hydrogen (secondary N) is 1. The van der Waals surface area contributed by atoms with E-state index in [1.54, 1.807) is 0 Å². The lowest BCUT2D eigenvalue weighted by atomic mass is 10.2. The summed E-state index contributed by atoms with van der Waals surface area (Å²) in [6.07, 6.45) is 3.00. The normalized spacial score (nSPS) is 11.2. The van der Waals surface area contributed by atoms with Gasteiger partial charge in [-0.2, -0.15) is 0 Å². The summed E-state index contributed by atoms with van der Waals surface area (Å²) < 4.78 is 6.79. The largest absolute Gasteiger partial charge is 0.468 e. The van der Waals surface area contributed by atoms with Gasteiger partial charge in [0.05, 0.1) is 12.8 Å². The van der Waals surface area contributed by atoms with Gasteiger partial charge in [0.25, 0.3) is 0 Å². The summed E-state index contributed by atoms with van der Waals surface area (Å²) in [4.78, 5) is 2.25. The number of hydrogen-bond donors (Lipinski definition) is 1. The smallest absolute Gasteiger partial charge is 0.118 e. The minimum atomic E-state index is 0.815. The Kier molecular flexibility index (Phi) is 6.49. The van der Waals surface area contributed by atoms with Crippen molar-refractivity contribution in [2.75, 3.05) is 13.6 Å². The second kappa shape index (κ2) is 8.37. The molecule has 0 saturated heterocycles. The third-order valence-corrected chi connectivity index (χ3v) is 4.06.